The summed E-state index contributed by atoms with van der Waals surface area (Å²) in [5, 5.41) is 12.3. The monoisotopic (exact) mass is 260 g/mol. The molecule has 1 heterocycles. The molecule has 1 aliphatic carbocycles. The fourth-order valence-corrected chi connectivity index (χ4v) is 2.23. The highest BCUT2D eigenvalue weighted by Crippen LogP contribution is 2.17. The molecule has 0 radical (unpaired) electrons. The second-order valence-electron chi connectivity index (χ2n) is 4.67. The Labute approximate surface area is 110 Å². The first-order chi connectivity index (χ1) is 9.06. The Morgan fingerprint density at radius 3 is 2.63 bits per heavy atom. The summed E-state index contributed by atoms with van der Waals surface area (Å²) in [6.45, 7) is 0. The number of anilines is 1. The van der Waals surface area contributed by atoms with Gasteiger partial charge in [-0.3, -0.25) is 13.9 Å². The molecular formula is C13H16N4O2. The van der Waals surface area contributed by atoms with Crippen molar-refractivity contribution in [3.8, 4) is 6.07 Å². The third-order valence-corrected chi connectivity index (χ3v) is 3.39. The zero-order valence-corrected chi connectivity index (χ0v) is 11.0. The minimum Gasteiger partial charge on any atom is -0.367 e. The van der Waals surface area contributed by atoms with Crippen LogP contribution in [0, 0.1) is 11.3 Å². The predicted octanol–water partition coefficient (Wildman–Crippen LogP) is 0.476. The average molecular weight is 260 g/mol. The maximum absolute atomic E-state index is 11.9. The molecule has 0 fully saturated rings. The number of aromatic nitrogens is 2. The zero-order valence-electron chi connectivity index (χ0n) is 11.0. The highest BCUT2D eigenvalue weighted by Gasteiger charge is 2.18. The van der Waals surface area contributed by atoms with Gasteiger partial charge in [-0.2, -0.15) is 5.26 Å². The van der Waals surface area contributed by atoms with E-state index in [9.17, 15) is 9.59 Å². The summed E-state index contributed by atoms with van der Waals surface area (Å²) >= 11 is 0. The van der Waals surface area contributed by atoms with E-state index < -0.39 is 11.2 Å². The molecular weight excluding hydrogens is 244 g/mol. The highest BCUT2D eigenvalue weighted by atomic mass is 16.2. The number of hydrogen-bond acceptors (Lipinski definition) is 4. The van der Waals surface area contributed by atoms with Gasteiger partial charge in [-0.15, -0.1) is 0 Å². The van der Waals surface area contributed by atoms with E-state index in [2.05, 4.69) is 17.5 Å². The van der Waals surface area contributed by atoms with Gasteiger partial charge in [-0.05, 0) is 19.3 Å². The van der Waals surface area contributed by atoms with Crippen molar-refractivity contribution in [3.05, 3.63) is 38.6 Å². The molecule has 1 aromatic rings. The number of allylic oxidation sites excluding steroid dienone is 1. The zero-order chi connectivity index (χ0) is 14.0. The summed E-state index contributed by atoms with van der Waals surface area (Å²) < 4.78 is 2.27. The molecule has 6 nitrogen and oxygen atoms in total. The van der Waals surface area contributed by atoms with Crippen LogP contribution in [0.3, 0.4) is 0 Å². The summed E-state index contributed by atoms with van der Waals surface area (Å²) in [5.41, 5.74) is -1.00. The molecule has 0 bridgehead atoms. The highest BCUT2D eigenvalue weighted by molar-refractivity contribution is 5.51. The fourth-order valence-electron chi connectivity index (χ4n) is 2.23. The molecule has 6 heteroatoms. The lowest BCUT2D eigenvalue weighted by Gasteiger charge is -2.22. The fraction of sp³-hybridized carbons (Fsp3) is 0.462. The minimum absolute atomic E-state index is 0.0147. The summed E-state index contributed by atoms with van der Waals surface area (Å²) in [6.07, 6.45) is 6.87. The van der Waals surface area contributed by atoms with Crippen LogP contribution in [0.4, 0.5) is 5.82 Å². The Bertz CT molecular complexity index is 676. The van der Waals surface area contributed by atoms with E-state index in [1.54, 1.807) is 7.05 Å². The van der Waals surface area contributed by atoms with Crippen LogP contribution in [0.2, 0.25) is 0 Å². The molecule has 0 saturated carbocycles. The predicted molar refractivity (Wildman–Crippen MR) is 72.0 cm³/mol. The lowest BCUT2D eigenvalue weighted by atomic mass is 10.0. The number of nitriles is 1. The van der Waals surface area contributed by atoms with E-state index in [0.29, 0.717) is 5.82 Å². The maximum Gasteiger partial charge on any atom is 0.332 e. The topological polar surface area (TPSA) is 79.8 Å². The molecule has 0 aromatic carbocycles. The lowest BCUT2D eigenvalue weighted by Crippen LogP contribution is -2.41. The molecule has 1 aliphatic rings. The van der Waals surface area contributed by atoms with Gasteiger partial charge in [0.25, 0.3) is 5.56 Å². The van der Waals surface area contributed by atoms with Gasteiger partial charge >= 0.3 is 5.69 Å². The van der Waals surface area contributed by atoms with Crippen LogP contribution in [0.15, 0.2) is 21.7 Å². The Hall–Kier alpha value is -2.29. The van der Waals surface area contributed by atoms with E-state index in [1.807, 2.05) is 6.07 Å². The molecule has 1 N–H and O–H groups in total. The van der Waals surface area contributed by atoms with Gasteiger partial charge in [0.1, 0.15) is 11.9 Å². The van der Waals surface area contributed by atoms with Gasteiger partial charge in [-0.25, -0.2) is 4.79 Å². The van der Waals surface area contributed by atoms with E-state index >= 15 is 0 Å². The van der Waals surface area contributed by atoms with Crippen LogP contribution in [0.1, 0.15) is 24.8 Å². The third kappa shape index (κ3) is 2.32. The van der Waals surface area contributed by atoms with Gasteiger partial charge in [0.05, 0.1) is 0 Å². The normalized spacial score (nSPS) is 18.1. The average Bonchev–Trinajstić information content (AvgIpc) is 2.44. The molecule has 0 saturated heterocycles. The number of nitrogens with one attached hydrogen (secondary N) is 1. The quantitative estimate of drug-likeness (QED) is 0.784. The second-order valence-corrected chi connectivity index (χ2v) is 4.67. The van der Waals surface area contributed by atoms with Gasteiger partial charge in [0, 0.05) is 20.1 Å². The third-order valence-electron chi connectivity index (χ3n) is 3.39. The standard InChI is InChI=1S/C13H16N4O2/c1-16-11(15-9-6-4-3-5-7-9)10(8-14)12(18)17(2)13(16)19/h3-4,9,15H,5-7H2,1-2H3. The molecule has 1 atom stereocenters. The smallest absolute Gasteiger partial charge is 0.332 e. The van der Waals surface area contributed by atoms with E-state index in [1.165, 1.54) is 11.6 Å². The number of nitrogens with zero attached hydrogens (tertiary/aromatic N) is 3. The minimum atomic E-state index is -0.556. The molecule has 100 valence electrons. The van der Waals surface area contributed by atoms with Crippen molar-refractivity contribution >= 4 is 5.82 Å². The van der Waals surface area contributed by atoms with Gasteiger partial charge in [0.2, 0.25) is 0 Å². The van der Waals surface area contributed by atoms with E-state index in [-0.39, 0.29) is 11.6 Å². The van der Waals surface area contributed by atoms with Gasteiger partial charge < -0.3 is 5.32 Å². The summed E-state index contributed by atoms with van der Waals surface area (Å²) in [4.78, 5) is 23.8. The van der Waals surface area contributed by atoms with E-state index in [4.69, 9.17) is 5.26 Å². The van der Waals surface area contributed by atoms with E-state index in [0.717, 1.165) is 23.8 Å². The van der Waals surface area contributed by atoms with Crippen molar-refractivity contribution in [2.45, 2.75) is 25.3 Å². The molecule has 1 unspecified atom stereocenters. The van der Waals surface area contributed by atoms with Crippen LogP contribution in [0.25, 0.3) is 0 Å². The summed E-state index contributed by atoms with van der Waals surface area (Å²) in [5.74, 6) is 0.316. The van der Waals surface area contributed by atoms with Gasteiger partial charge in [-0.1, -0.05) is 12.2 Å². The number of rotatable bonds is 2. The molecule has 19 heavy (non-hydrogen) atoms. The van der Waals surface area contributed by atoms with Crippen LogP contribution < -0.4 is 16.6 Å². The Balaban J connectivity index is 2.50. The van der Waals surface area contributed by atoms with Crippen LogP contribution >= 0.6 is 0 Å². The summed E-state index contributed by atoms with van der Waals surface area (Å²) in [6, 6.07) is 2.04. The van der Waals surface area contributed by atoms with Crippen LogP contribution in [-0.2, 0) is 14.1 Å². The Morgan fingerprint density at radius 2 is 2.05 bits per heavy atom. The molecule has 2 rings (SSSR count). The van der Waals surface area contributed by atoms with Crippen LogP contribution in [0.5, 0.6) is 0 Å². The largest absolute Gasteiger partial charge is 0.367 e. The molecule has 1 aromatic heterocycles. The Kier molecular flexibility index (Phi) is 3.56. The second kappa shape index (κ2) is 5.14. The first kappa shape index (κ1) is 13.1. The maximum atomic E-state index is 11.9. The SMILES string of the molecule is Cn1c(NC2CC=CCC2)c(C#N)c(=O)n(C)c1=O. The van der Waals surface area contributed by atoms with Crippen molar-refractivity contribution in [3.63, 3.8) is 0 Å². The van der Waals surface area contributed by atoms with Crippen molar-refractivity contribution in [1.29, 1.82) is 5.26 Å². The van der Waals surface area contributed by atoms with Crippen molar-refractivity contribution in [2.24, 2.45) is 14.1 Å². The van der Waals surface area contributed by atoms with Gasteiger partial charge in [0.15, 0.2) is 5.56 Å². The lowest BCUT2D eigenvalue weighted by molar-refractivity contribution is 0.621. The number of hydrogen-bond donors (Lipinski definition) is 1. The molecule has 0 aliphatic heterocycles. The first-order valence-corrected chi connectivity index (χ1v) is 6.18. The van der Waals surface area contributed by atoms with Crippen molar-refractivity contribution < 1.29 is 0 Å². The molecule has 0 spiro atoms. The molecule has 0 amide bonds. The van der Waals surface area contributed by atoms with Crippen LogP contribution in [-0.4, -0.2) is 15.2 Å². The van der Waals surface area contributed by atoms with Crippen molar-refractivity contribution in [1.82, 2.24) is 9.13 Å². The summed E-state index contributed by atoms with van der Waals surface area (Å²) in [7, 11) is 2.93. The van der Waals surface area contributed by atoms with Crippen molar-refractivity contribution in [2.75, 3.05) is 5.32 Å². The Morgan fingerprint density at radius 1 is 1.32 bits per heavy atom. The first-order valence-electron chi connectivity index (χ1n) is 6.18.